The van der Waals surface area contributed by atoms with Crippen molar-refractivity contribution in [2.75, 3.05) is 11.5 Å². The Labute approximate surface area is 183 Å². The molecule has 0 unspecified atom stereocenters. The maximum Gasteiger partial charge on any atom is 0.165 e. The number of thioether (sulfide) groups is 1. The molecule has 0 bridgehead atoms. The van der Waals surface area contributed by atoms with Gasteiger partial charge >= 0.3 is 0 Å². The van der Waals surface area contributed by atoms with E-state index in [2.05, 4.69) is 5.16 Å². The molecule has 2 aromatic rings. The van der Waals surface area contributed by atoms with Crippen molar-refractivity contribution >= 4 is 58.1 Å². The Hall–Kier alpha value is -1.20. The van der Waals surface area contributed by atoms with Gasteiger partial charge in [0, 0.05) is 39.6 Å². The molecule has 1 fully saturated rings. The quantitative estimate of drug-likeness (QED) is 0.476. The van der Waals surface area contributed by atoms with Gasteiger partial charge in [0.05, 0.1) is 10.7 Å². The minimum atomic E-state index is -0.660. The minimum absolute atomic E-state index is 0.102. The summed E-state index contributed by atoms with van der Waals surface area (Å²) in [6.45, 7) is 1.95. The zero-order chi connectivity index (χ0) is 19.9. The van der Waals surface area contributed by atoms with Crippen molar-refractivity contribution < 1.29 is 9.63 Å². The zero-order valence-corrected chi connectivity index (χ0v) is 18.3. The van der Waals surface area contributed by atoms with E-state index in [-0.39, 0.29) is 5.78 Å². The van der Waals surface area contributed by atoms with Crippen LogP contribution < -0.4 is 0 Å². The first-order chi connectivity index (χ1) is 13.3. The molecule has 0 spiro atoms. The number of nitrogens with zero attached hydrogens (tertiary/aromatic N) is 1. The summed E-state index contributed by atoms with van der Waals surface area (Å²) >= 11 is 20.6. The van der Waals surface area contributed by atoms with E-state index in [4.69, 9.17) is 39.6 Å². The molecule has 0 aliphatic carbocycles. The fourth-order valence-corrected chi connectivity index (χ4v) is 5.02. The molecule has 2 aliphatic heterocycles. The van der Waals surface area contributed by atoms with Crippen molar-refractivity contribution in [2.24, 2.45) is 11.1 Å². The highest BCUT2D eigenvalue weighted by atomic mass is 35.5. The molecule has 3 nitrogen and oxygen atoms in total. The second-order valence-corrected chi connectivity index (χ2v) is 9.78. The van der Waals surface area contributed by atoms with Gasteiger partial charge in [-0.1, -0.05) is 46.0 Å². The van der Waals surface area contributed by atoms with Gasteiger partial charge in [-0.25, -0.2) is 0 Å². The van der Waals surface area contributed by atoms with Crippen LogP contribution in [-0.2, 0) is 10.4 Å². The van der Waals surface area contributed by atoms with Crippen molar-refractivity contribution in [3.05, 3.63) is 68.2 Å². The van der Waals surface area contributed by atoms with Gasteiger partial charge in [-0.3, -0.25) is 4.79 Å². The molecule has 0 amide bonds. The first kappa shape index (κ1) is 20.1. The molecule has 2 heterocycles. The molecular weight excluding hydrogens is 437 g/mol. The predicted octanol–water partition coefficient (Wildman–Crippen LogP) is 6.62. The highest BCUT2D eigenvalue weighted by Gasteiger charge is 2.37. The molecule has 0 N–H and O–H groups in total. The third-order valence-corrected chi connectivity index (χ3v) is 7.28. The summed E-state index contributed by atoms with van der Waals surface area (Å²) in [5.74, 6) is 2.69. The molecule has 1 atom stereocenters. The second-order valence-electron chi connectivity index (χ2n) is 7.42. The maximum absolute atomic E-state index is 12.5. The highest BCUT2D eigenvalue weighted by Crippen LogP contribution is 2.39. The molecule has 4 rings (SSSR count). The molecule has 0 aromatic heterocycles. The molecule has 2 aromatic carbocycles. The topological polar surface area (TPSA) is 38.7 Å². The van der Waals surface area contributed by atoms with Crippen molar-refractivity contribution in [3.63, 3.8) is 0 Å². The predicted molar refractivity (Wildman–Crippen MR) is 117 cm³/mol. The molecule has 0 radical (unpaired) electrons. The number of Topliss-reactive ketones (excluding diaryl/α,β-unsaturated/α-hetero) is 1. The number of rotatable bonds is 5. The lowest BCUT2D eigenvalue weighted by molar-refractivity contribution is -0.00737. The van der Waals surface area contributed by atoms with Crippen molar-refractivity contribution in [1.82, 2.24) is 0 Å². The Morgan fingerprint density at radius 2 is 1.89 bits per heavy atom. The molecule has 7 heteroatoms. The molecule has 28 heavy (non-hydrogen) atoms. The van der Waals surface area contributed by atoms with Crippen LogP contribution in [-0.4, -0.2) is 23.0 Å². The summed E-state index contributed by atoms with van der Waals surface area (Å²) in [4.78, 5) is 18.2. The van der Waals surface area contributed by atoms with Gasteiger partial charge in [-0.05, 0) is 54.7 Å². The summed E-state index contributed by atoms with van der Waals surface area (Å²) in [5.41, 5.74) is 2.39. The number of oxime groups is 1. The number of hydrogen-bond donors (Lipinski definition) is 0. The Morgan fingerprint density at radius 1 is 1.18 bits per heavy atom. The summed E-state index contributed by atoms with van der Waals surface area (Å²) in [5, 5.41) is 5.83. The van der Waals surface area contributed by atoms with Crippen LogP contribution in [0.25, 0.3) is 0 Å². The van der Waals surface area contributed by atoms with Gasteiger partial charge < -0.3 is 4.84 Å². The number of ketones is 1. The van der Waals surface area contributed by atoms with Crippen molar-refractivity contribution in [1.29, 1.82) is 0 Å². The third-order valence-electron chi connectivity index (χ3n) is 5.12. The molecular formula is C21H18Cl3NO2S. The van der Waals surface area contributed by atoms with E-state index < -0.39 is 5.60 Å². The highest BCUT2D eigenvalue weighted by molar-refractivity contribution is 8.00. The average Bonchev–Trinajstić information content (AvgIpc) is 3.01. The summed E-state index contributed by atoms with van der Waals surface area (Å²) in [6, 6.07) is 10.8. The van der Waals surface area contributed by atoms with Gasteiger partial charge in [-0.15, -0.1) is 0 Å². The number of carbonyl (C=O) groups is 1. The zero-order valence-electron chi connectivity index (χ0n) is 15.2. The fraction of sp³-hybridized carbons (Fsp3) is 0.333. The van der Waals surface area contributed by atoms with E-state index in [1.807, 2.05) is 36.9 Å². The van der Waals surface area contributed by atoms with E-state index in [0.717, 1.165) is 28.3 Å². The van der Waals surface area contributed by atoms with Gasteiger partial charge in [0.2, 0.25) is 0 Å². The van der Waals surface area contributed by atoms with Crippen molar-refractivity contribution in [3.8, 4) is 0 Å². The molecule has 0 saturated carbocycles. The van der Waals surface area contributed by atoms with Crippen LogP contribution in [0.2, 0.25) is 15.1 Å². The fourth-order valence-electron chi connectivity index (χ4n) is 3.40. The van der Waals surface area contributed by atoms with Crippen LogP contribution in [0.1, 0.15) is 41.3 Å². The Kier molecular flexibility index (Phi) is 5.67. The van der Waals surface area contributed by atoms with Crippen molar-refractivity contribution in [2.45, 2.75) is 25.4 Å². The smallest absolute Gasteiger partial charge is 0.165 e. The van der Waals surface area contributed by atoms with Crippen LogP contribution in [0.4, 0.5) is 0 Å². The average molecular weight is 455 g/mol. The number of carbonyl (C=O) groups excluding carboxylic acids is 1. The van der Waals surface area contributed by atoms with Crippen LogP contribution >= 0.6 is 46.6 Å². The third kappa shape index (κ3) is 4.06. The van der Waals surface area contributed by atoms with E-state index in [0.29, 0.717) is 39.4 Å². The standard InChI is InChI=1S/C21H18Cl3NO2S/c1-21(14-6-15(22)8-16(23)7-14)9-19(25-27-21)13-2-3-17(18(24)5-13)20(26)4-12-10-28-11-12/h2-3,5-8,12H,4,9-11H2,1H3/t21-/m0/s1. The number of hydrogen-bond acceptors (Lipinski definition) is 4. The Bertz CT molecular complexity index is 954. The van der Waals surface area contributed by atoms with E-state index in [1.165, 1.54) is 0 Å². The second kappa shape index (κ2) is 7.91. The molecule has 1 saturated heterocycles. The van der Waals surface area contributed by atoms with Crippen LogP contribution in [0.5, 0.6) is 0 Å². The SMILES string of the molecule is C[C@@]1(c2cc(Cl)cc(Cl)c2)CC(c2ccc(C(=O)CC3CSC3)c(Cl)c2)=NO1. The summed E-state index contributed by atoms with van der Waals surface area (Å²) in [7, 11) is 0. The molecule has 146 valence electrons. The first-order valence-corrected chi connectivity index (χ1v) is 11.3. The Morgan fingerprint density at radius 3 is 2.50 bits per heavy atom. The largest absolute Gasteiger partial charge is 0.384 e. The Balaban J connectivity index is 1.52. The van der Waals surface area contributed by atoms with Gasteiger partial charge in [-0.2, -0.15) is 11.8 Å². The van der Waals surface area contributed by atoms with Gasteiger partial charge in [0.15, 0.2) is 11.4 Å². The van der Waals surface area contributed by atoms with E-state index in [1.54, 1.807) is 18.2 Å². The summed E-state index contributed by atoms with van der Waals surface area (Å²) in [6.07, 6.45) is 1.11. The normalized spacial score (nSPS) is 21.8. The van der Waals surface area contributed by atoms with Crippen LogP contribution in [0, 0.1) is 5.92 Å². The first-order valence-electron chi connectivity index (χ1n) is 8.96. The van der Waals surface area contributed by atoms with Crippen LogP contribution in [0.3, 0.4) is 0 Å². The number of halogens is 3. The minimum Gasteiger partial charge on any atom is -0.384 e. The number of benzene rings is 2. The lowest BCUT2D eigenvalue weighted by Gasteiger charge is -2.24. The van der Waals surface area contributed by atoms with E-state index >= 15 is 0 Å². The maximum atomic E-state index is 12.5. The monoisotopic (exact) mass is 453 g/mol. The van der Waals surface area contributed by atoms with Gasteiger partial charge in [0.1, 0.15) is 0 Å². The summed E-state index contributed by atoms with van der Waals surface area (Å²) < 4.78 is 0. The van der Waals surface area contributed by atoms with Crippen LogP contribution in [0.15, 0.2) is 41.6 Å². The lowest BCUT2D eigenvalue weighted by atomic mass is 9.88. The lowest BCUT2D eigenvalue weighted by Crippen LogP contribution is -2.22. The molecule has 2 aliphatic rings. The van der Waals surface area contributed by atoms with E-state index in [9.17, 15) is 4.79 Å². The van der Waals surface area contributed by atoms with Gasteiger partial charge in [0.25, 0.3) is 0 Å².